The molecule has 0 aliphatic heterocycles. The van der Waals surface area contributed by atoms with Gasteiger partial charge in [0.1, 0.15) is 11.7 Å². The fourth-order valence-corrected chi connectivity index (χ4v) is 2.29. The highest BCUT2D eigenvalue weighted by Gasteiger charge is 2.24. The van der Waals surface area contributed by atoms with Crippen LogP contribution in [0.5, 0.6) is 0 Å². The zero-order valence-electron chi connectivity index (χ0n) is 10.8. The predicted molar refractivity (Wildman–Crippen MR) is 86.0 cm³/mol. The van der Waals surface area contributed by atoms with Crippen LogP contribution in [0.3, 0.4) is 0 Å². The van der Waals surface area contributed by atoms with Crippen LogP contribution in [-0.2, 0) is 4.79 Å². The summed E-state index contributed by atoms with van der Waals surface area (Å²) in [5.41, 5.74) is 6.32. The van der Waals surface area contributed by atoms with Crippen LogP contribution in [0.2, 0.25) is 5.02 Å². The van der Waals surface area contributed by atoms with Gasteiger partial charge in [-0.2, -0.15) is 0 Å². The highest BCUT2D eigenvalue weighted by Crippen LogP contribution is 2.22. The first kappa shape index (κ1) is 15.4. The Bertz CT molecular complexity index is 679. The zero-order chi connectivity index (χ0) is 15.4. The molecule has 3 nitrogen and oxygen atoms in total. The second kappa shape index (κ2) is 6.65. The van der Waals surface area contributed by atoms with Gasteiger partial charge in [0.05, 0.1) is 10.7 Å². The second-order valence-electron chi connectivity index (χ2n) is 4.36. The van der Waals surface area contributed by atoms with Gasteiger partial charge in [-0.1, -0.05) is 54.2 Å². The summed E-state index contributed by atoms with van der Waals surface area (Å²) in [5.74, 6) is -1.93. The Morgan fingerprint density at radius 2 is 1.90 bits per heavy atom. The van der Waals surface area contributed by atoms with Crippen molar-refractivity contribution in [3.8, 4) is 0 Å². The van der Waals surface area contributed by atoms with E-state index >= 15 is 0 Å². The number of nitrogens with one attached hydrogen (secondary N) is 1. The third kappa shape index (κ3) is 3.77. The highest BCUT2D eigenvalue weighted by molar-refractivity contribution is 7.80. The van der Waals surface area contributed by atoms with Crippen molar-refractivity contribution in [3.05, 3.63) is 64.9 Å². The van der Waals surface area contributed by atoms with Gasteiger partial charge in [0.25, 0.3) is 0 Å². The third-order valence-corrected chi connectivity index (χ3v) is 3.34. The van der Waals surface area contributed by atoms with Crippen molar-refractivity contribution >= 4 is 40.4 Å². The van der Waals surface area contributed by atoms with Crippen molar-refractivity contribution in [2.75, 3.05) is 5.32 Å². The molecule has 108 valence electrons. The summed E-state index contributed by atoms with van der Waals surface area (Å²) in [4.78, 5) is 12.3. The van der Waals surface area contributed by atoms with E-state index in [0.717, 1.165) is 6.07 Å². The van der Waals surface area contributed by atoms with E-state index in [1.807, 2.05) is 6.07 Å². The van der Waals surface area contributed by atoms with Crippen molar-refractivity contribution < 1.29 is 9.18 Å². The summed E-state index contributed by atoms with van der Waals surface area (Å²) >= 11 is 10.6. The lowest BCUT2D eigenvalue weighted by atomic mass is 9.98. The lowest BCUT2D eigenvalue weighted by Crippen LogP contribution is -2.31. The standard InChI is InChI=1S/C15H12ClFN2OS/c16-10-6-7-12(11(17)8-10)19-15(20)13(14(18)21)9-4-2-1-3-5-9/h1-8,13H,(H2,18,21)(H,19,20). The minimum absolute atomic E-state index is 0.0214. The number of nitrogens with two attached hydrogens (primary N) is 1. The van der Waals surface area contributed by atoms with Crippen LogP contribution in [0, 0.1) is 5.82 Å². The molecule has 1 unspecified atom stereocenters. The number of hydrogen-bond donors (Lipinski definition) is 2. The molecule has 3 N–H and O–H groups in total. The summed E-state index contributed by atoms with van der Waals surface area (Å²) in [6, 6.07) is 12.8. The van der Waals surface area contributed by atoms with E-state index in [1.54, 1.807) is 24.3 Å². The number of amides is 1. The second-order valence-corrected chi connectivity index (χ2v) is 5.27. The maximum absolute atomic E-state index is 13.7. The zero-order valence-corrected chi connectivity index (χ0v) is 12.4. The molecule has 2 aromatic carbocycles. The average Bonchev–Trinajstić information content (AvgIpc) is 2.43. The topological polar surface area (TPSA) is 55.1 Å². The van der Waals surface area contributed by atoms with E-state index in [1.165, 1.54) is 12.1 Å². The summed E-state index contributed by atoms with van der Waals surface area (Å²) in [6.07, 6.45) is 0. The molecule has 0 heterocycles. The molecule has 21 heavy (non-hydrogen) atoms. The molecule has 1 amide bonds. The van der Waals surface area contributed by atoms with Crippen LogP contribution < -0.4 is 11.1 Å². The monoisotopic (exact) mass is 322 g/mol. The maximum atomic E-state index is 13.7. The quantitative estimate of drug-likeness (QED) is 0.847. The summed E-state index contributed by atoms with van der Waals surface area (Å²) < 4.78 is 13.7. The van der Waals surface area contributed by atoms with Gasteiger partial charge < -0.3 is 11.1 Å². The van der Waals surface area contributed by atoms with Crippen molar-refractivity contribution in [3.63, 3.8) is 0 Å². The maximum Gasteiger partial charge on any atom is 0.238 e. The molecule has 0 aliphatic rings. The first-order chi connectivity index (χ1) is 9.99. The Kier molecular flexibility index (Phi) is 4.88. The van der Waals surface area contributed by atoms with Gasteiger partial charge in [-0.05, 0) is 23.8 Å². The lowest BCUT2D eigenvalue weighted by molar-refractivity contribution is -0.116. The molecule has 0 aromatic heterocycles. The molecular weight excluding hydrogens is 311 g/mol. The van der Waals surface area contributed by atoms with Crippen LogP contribution in [0.4, 0.5) is 10.1 Å². The fraction of sp³-hybridized carbons (Fsp3) is 0.0667. The molecule has 0 saturated heterocycles. The minimum Gasteiger partial charge on any atom is -0.392 e. The van der Waals surface area contributed by atoms with E-state index in [0.29, 0.717) is 5.56 Å². The first-order valence-corrected chi connectivity index (χ1v) is 6.88. The van der Waals surface area contributed by atoms with Gasteiger partial charge in [-0.15, -0.1) is 0 Å². The number of benzene rings is 2. The van der Waals surface area contributed by atoms with Crippen molar-refractivity contribution in [1.82, 2.24) is 0 Å². The largest absolute Gasteiger partial charge is 0.392 e. The van der Waals surface area contributed by atoms with Gasteiger partial charge in [0.2, 0.25) is 5.91 Å². The Morgan fingerprint density at radius 1 is 1.24 bits per heavy atom. The predicted octanol–water partition coefficient (Wildman–Crippen LogP) is 3.49. The molecular formula is C15H12ClFN2OS. The smallest absolute Gasteiger partial charge is 0.238 e. The van der Waals surface area contributed by atoms with Gasteiger partial charge in [-0.25, -0.2) is 4.39 Å². The van der Waals surface area contributed by atoms with Gasteiger partial charge >= 0.3 is 0 Å². The molecule has 0 fully saturated rings. The van der Waals surface area contributed by atoms with Crippen LogP contribution in [0.1, 0.15) is 11.5 Å². The molecule has 0 spiro atoms. The van der Waals surface area contributed by atoms with Crippen LogP contribution in [-0.4, -0.2) is 10.9 Å². The van der Waals surface area contributed by atoms with Crippen molar-refractivity contribution in [2.45, 2.75) is 5.92 Å². The summed E-state index contributed by atoms with van der Waals surface area (Å²) in [6.45, 7) is 0. The molecule has 0 aliphatic carbocycles. The van der Waals surface area contributed by atoms with E-state index in [-0.39, 0.29) is 15.7 Å². The fourth-order valence-electron chi connectivity index (χ4n) is 1.89. The van der Waals surface area contributed by atoms with E-state index < -0.39 is 17.6 Å². The summed E-state index contributed by atoms with van der Waals surface area (Å²) in [7, 11) is 0. The summed E-state index contributed by atoms with van der Waals surface area (Å²) in [5, 5.41) is 2.73. The minimum atomic E-state index is -0.823. The molecule has 1 atom stereocenters. The SMILES string of the molecule is NC(=S)C(C(=O)Nc1ccc(Cl)cc1F)c1ccccc1. The van der Waals surface area contributed by atoms with Gasteiger partial charge in [0, 0.05) is 5.02 Å². The number of carbonyl (C=O) groups is 1. The lowest BCUT2D eigenvalue weighted by Gasteiger charge is -2.16. The third-order valence-electron chi connectivity index (χ3n) is 2.87. The Morgan fingerprint density at radius 3 is 2.48 bits per heavy atom. The molecule has 6 heteroatoms. The number of anilines is 1. The Balaban J connectivity index is 2.26. The molecule has 2 rings (SSSR count). The molecule has 0 radical (unpaired) electrons. The van der Waals surface area contributed by atoms with Crippen molar-refractivity contribution in [1.29, 1.82) is 0 Å². The van der Waals surface area contributed by atoms with Gasteiger partial charge in [0.15, 0.2) is 0 Å². The molecule has 0 bridgehead atoms. The van der Waals surface area contributed by atoms with Crippen molar-refractivity contribution in [2.24, 2.45) is 5.73 Å². The molecule has 0 saturated carbocycles. The number of carbonyl (C=O) groups excluding carboxylic acids is 1. The van der Waals surface area contributed by atoms with Crippen LogP contribution >= 0.6 is 23.8 Å². The Labute approximate surface area is 131 Å². The normalized spacial score (nSPS) is 11.7. The van der Waals surface area contributed by atoms with E-state index in [2.05, 4.69) is 5.32 Å². The number of rotatable bonds is 4. The van der Waals surface area contributed by atoms with Crippen LogP contribution in [0.15, 0.2) is 48.5 Å². The number of halogens is 2. The molecule has 2 aromatic rings. The van der Waals surface area contributed by atoms with E-state index in [9.17, 15) is 9.18 Å². The Hall–Kier alpha value is -1.98. The highest BCUT2D eigenvalue weighted by atomic mass is 35.5. The number of hydrogen-bond acceptors (Lipinski definition) is 2. The van der Waals surface area contributed by atoms with Crippen LogP contribution in [0.25, 0.3) is 0 Å². The van der Waals surface area contributed by atoms with E-state index in [4.69, 9.17) is 29.6 Å². The number of thiocarbonyl (C=S) groups is 1. The van der Waals surface area contributed by atoms with Gasteiger partial charge in [-0.3, -0.25) is 4.79 Å². The first-order valence-electron chi connectivity index (χ1n) is 6.09. The average molecular weight is 323 g/mol.